The summed E-state index contributed by atoms with van der Waals surface area (Å²) in [5.41, 5.74) is 2.66. The molecule has 2 aromatic rings. The van der Waals surface area contributed by atoms with Gasteiger partial charge in [-0.3, -0.25) is 4.79 Å². The molecule has 2 rings (SSSR count). The Morgan fingerprint density at radius 2 is 1.81 bits per heavy atom. The van der Waals surface area contributed by atoms with Gasteiger partial charge in [0.2, 0.25) is 10.0 Å². The molecular weight excluding hydrogens is 288 g/mol. The molecule has 0 unspecified atom stereocenters. The monoisotopic (exact) mass is 304 g/mol. The van der Waals surface area contributed by atoms with Gasteiger partial charge in [0.25, 0.3) is 5.91 Å². The topological polar surface area (TPSA) is 89.3 Å². The minimum atomic E-state index is -3.80. The Morgan fingerprint density at radius 3 is 2.43 bits per heavy atom. The predicted molar refractivity (Wildman–Crippen MR) is 81.7 cm³/mol. The maximum atomic E-state index is 12.2. The summed E-state index contributed by atoms with van der Waals surface area (Å²) in [6.07, 6.45) is 0. The highest BCUT2D eigenvalue weighted by atomic mass is 32.2. The van der Waals surface area contributed by atoms with Crippen LogP contribution in [0.15, 0.2) is 47.4 Å². The van der Waals surface area contributed by atoms with Crippen molar-refractivity contribution >= 4 is 21.6 Å². The number of sulfonamides is 1. The Hall–Kier alpha value is -2.18. The third kappa shape index (κ3) is 3.68. The lowest BCUT2D eigenvalue weighted by Crippen LogP contribution is -2.15. The molecule has 0 saturated heterocycles. The Balaban J connectivity index is 2.33. The molecule has 3 N–H and O–H groups in total. The number of primary sulfonamides is 1. The van der Waals surface area contributed by atoms with Gasteiger partial charge >= 0.3 is 0 Å². The summed E-state index contributed by atoms with van der Waals surface area (Å²) in [7, 11) is -3.80. The Morgan fingerprint density at radius 1 is 1.10 bits per heavy atom. The highest BCUT2D eigenvalue weighted by Gasteiger charge is 2.12. The van der Waals surface area contributed by atoms with Crippen LogP contribution in [0.1, 0.15) is 21.5 Å². The number of aryl methyl sites for hydroxylation is 2. The van der Waals surface area contributed by atoms with E-state index in [9.17, 15) is 13.2 Å². The van der Waals surface area contributed by atoms with Crippen LogP contribution in [0.4, 0.5) is 5.69 Å². The average molecular weight is 304 g/mol. The lowest BCUT2D eigenvalue weighted by Gasteiger charge is -2.10. The maximum Gasteiger partial charge on any atom is 0.255 e. The minimum Gasteiger partial charge on any atom is -0.322 e. The third-order valence-electron chi connectivity index (χ3n) is 3.07. The molecule has 0 fully saturated rings. The highest BCUT2D eigenvalue weighted by Crippen LogP contribution is 2.20. The number of nitrogens with one attached hydrogen (secondary N) is 1. The van der Waals surface area contributed by atoms with Crippen LogP contribution >= 0.6 is 0 Å². The minimum absolute atomic E-state index is 0.0346. The van der Waals surface area contributed by atoms with E-state index in [1.807, 2.05) is 13.0 Å². The molecular formula is C15H16N2O3S. The van der Waals surface area contributed by atoms with Crippen LogP contribution < -0.4 is 10.5 Å². The molecule has 0 aliphatic carbocycles. The van der Waals surface area contributed by atoms with E-state index in [0.717, 1.165) is 11.1 Å². The summed E-state index contributed by atoms with van der Waals surface area (Å²) in [5.74, 6) is -0.298. The van der Waals surface area contributed by atoms with Gasteiger partial charge in [-0.1, -0.05) is 23.8 Å². The van der Waals surface area contributed by atoms with Crippen molar-refractivity contribution in [2.75, 3.05) is 5.32 Å². The Labute approximate surface area is 123 Å². The zero-order valence-corrected chi connectivity index (χ0v) is 12.6. The fourth-order valence-corrected chi connectivity index (χ4v) is 2.43. The SMILES string of the molecule is Cc1cccc(C(=O)Nc2cc(S(N)(=O)=O)ccc2C)c1. The molecule has 0 spiro atoms. The molecule has 0 aliphatic heterocycles. The molecule has 0 aliphatic rings. The van der Waals surface area contributed by atoms with Crippen LogP contribution in [0, 0.1) is 13.8 Å². The number of amides is 1. The van der Waals surface area contributed by atoms with Crippen molar-refractivity contribution in [3.63, 3.8) is 0 Å². The van der Waals surface area contributed by atoms with Gasteiger partial charge in [0.15, 0.2) is 0 Å². The second kappa shape index (κ2) is 5.67. The normalized spacial score (nSPS) is 11.2. The lowest BCUT2D eigenvalue weighted by atomic mass is 10.1. The largest absolute Gasteiger partial charge is 0.322 e. The summed E-state index contributed by atoms with van der Waals surface area (Å²) >= 11 is 0. The summed E-state index contributed by atoms with van der Waals surface area (Å²) in [6, 6.07) is 11.5. The number of hydrogen-bond acceptors (Lipinski definition) is 3. The van der Waals surface area contributed by atoms with Crippen LogP contribution in [-0.2, 0) is 10.0 Å². The van der Waals surface area contributed by atoms with Gasteiger partial charge in [-0.25, -0.2) is 13.6 Å². The van der Waals surface area contributed by atoms with Crippen LogP contribution in [0.25, 0.3) is 0 Å². The number of benzene rings is 2. The molecule has 0 atom stereocenters. The molecule has 0 heterocycles. The van der Waals surface area contributed by atoms with E-state index in [1.165, 1.54) is 12.1 Å². The van der Waals surface area contributed by atoms with Gasteiger partial charge in [0.05, 0.1) is 4.90 Å². The predicted octanol–water partition coefficient (Wildman–Crippen LogP) is 2.20. The van der Waals surface area contributed by atoms with E-state index in [0.29, 0.717) is 11.3 Å². The van der Waals surface area contributed by atoms with Gasteiger partial charge in [-0.15, -0.1) is 0 Å². The smallest absolute Gasteiger partial charge is 0.255 e. The molecule has 0 radical (unpaired) electrons. The molecule has 6 heteroatoms. The van der Waals surface area contributed by atoms with Crippen molar-refractivity contribution in [3.8, 4) is 0 Å². The van der Waals surface area contributed by atoms with Crippen molar-refractivity contribution < 1.29 is 13.2 Å². The molecule has 2 aromatic carbocycles. The second-order valence-corrected chi connectivity index (χ2v) is 6.41. The first-order chi connectivity index (χ1) is 9.77. The second-order valence-electron chi connectivity index (χ2n) is 4.85. The van der Waals surface area contributed by atoms with E-state index in [-0.39, 0.29) is 10.8 Å². The molecule has 0 saturated carbocycles. The Kier molecular flexibility index (Phi) is 4.11. The number of carbonyl (C=O) groups excluding carboxylic acids is 1. The zero-order chi connectivity index (χ0) is 15.6. The van der Waals surface area contributed by atoms with Crippen LogP contribution in [0.5, 0.6) is 0 Å². The van der Waals surface area contributed by atoms with Crippen LogP contribution in [0.2, 0.25) is 0 Å². The summed E-state index contributed by atoms with van der Waals surface area (Å²) < 4.78 is 22.7. The van der Waals surface area contributed by atoms with Crippen molar-refractivity contribution in [2.45, 2.75) is 18.7 Å². The van der Waals surface area contributed by atoms with Crippen molar-refractivity contribution in [1.29, 1.82) is 0 Å². The molecule has 5 nitrogen and oxygen atoms in total. The van der Waals surface area contributed by atoms with E-state index >= 15 is 0 Å². The summed E-state index contributed by atoms with van der Waals surface area (Å²) in [5, 5.41) is 7.80. The van der Waals surface area contributed by atoms with E-state index < -0.39 is 10.0 Å². The van der Waals surface area contributed by atoms with Gasteiger partial charge in [0, 0.05) is 11.3 Å². The summed E-state index contributed by atoms with van der Waals surface area (Å²) in [4.78, 5) is 12.2. The van der Waals surface area contributed by atoms with Gasteiger partial charge in [0.1, 0.15) is 0 Å². The zero-order valence-electron chi connectivity index (χ0n) is 11.8. The van der Waals surface area contributed by atoms with Gasteiger partial charge in [-0.2, -0.15) is 0 Å². The Bertz CT molecular complexity index is 798. The fraction of sp³-hybridized carbons (Fsp3) is 0.133. The number of hydrogen-bond donors (Lipinski definition) is 2. The first kappa shape index (κ1) is 15.2. The maximum absolute atomic E-state index is 12.2. The number of rotatable bonds is 3. The third-order valence-corrected chi connectivity index (χ3v) is 3.98. The number of nitrogens with two attached hydrogens (primary N) is 1. The van der Waals surface area contributed by atoms with E-state index in [2.05, 4.69) is 5.32 Å². The van der Waals surface area contributed by atoms with Gasteiger partial charge in [-0.05, 0) is 43.7 Å². The molecule has 0 bridgehead atoms. The molecule has 110 valence electrons. The number of anilines is 1. The molecule has 1 amide bonds. The van der Waals surface area contributed by atoms with Crippen LogP contribution in [-0.4, -0.2) is 14.3 Å². The van der Waals surface area contributed by atoms with Gasteiger partial charge < -0.3 is 5.32 Å². The molecule has 0 aromatic heterocycles. The first-order valence-electron chi connectivity index (χ1n) is 6.29. The molecule has 21 heavy (non-hydrogen) atoms. The highest BCUT2D eigenvalue weighted by molar-refractivity contribution is 7.89. The lowest BCUT2D eigenvalue weighted by molar-refractivity contribution is 0.102. The van der Waals surface area contributed by atoms with Crippen LogP contribution in [0.3, 0.4) is 0 Å². The van der Waals surface area contributed by atoms with Crippen molar-refractivity contribution in [3.05, 3.63) is 59.2 Å². The van der Waals surface area contributed by atoms with Crippen molar-refractivity contribution in [1.82, 2.24) is 0 Å². The number of carbonyl (C=O) groups is 1. The van der Waals surface area contributed by atoms with Crippen molar-refractivity contribution in [2.24, 2.45) is 5.14 Å². The quantitative estimate of drug-likeness (QED) is 0.911. The fourth-order valence-electron chi connectivity index (χ4n) is 1.89. The average Bonchev–Trinajstić information content (AvgIpc) is 2.40. The van der Waals surface area contributed by atoms with E-state index in [1.54, 1.807) is 31.2 Å². The summed E-state index contributed by atoms with van der Waals surface area (Å²) in [6.45, 7) is 3.67. The van der Waals surface area contributed by atoms with E-state index in [4.69, 9.17) is 5.14 Å². The first-order valence-corrected chi connectivity index (χ1v) is 7.83. The standard InChI is InChI=1S/C15H16N2O3S/c1-10-4-3-5-12(8-10)15(18)17-14-9-13(21(16,19)20)7-6-11(14)2/h3-9H,1-2H3,(H,17,18)(H2,16,19,20).